The third-order valence-electron chi connectivity index (χ3n) is 4.65. The van der Waals surface area contributed by atoms with Crippen LogP contribution >= 0.6 is 11.3 Å². The van der Waals surface area contributed by atoms with Crippen molar-refractivity contribution in [1.29, 1.82) is 0 Å². The second-order valence-electron chi connectivity index (χ2n) is 8.29. The summed E-state index contributed by atoms with van der Waals surface area (Å²) in [6.07, 6.45) is -9.05. The molecule has 0 unspecified atom stereocenters. The summed E-state index contributed by atoms with van der Waals surface area (Å²) in [7, 11) is 4.24. The highest BCUT2D eigenvalue weighted by molar-refractivity contribution is 7.09. The Kier molecular flexibility index (Phi) is 11.4. The lowest BCUT2D eigenvalue weighted by Gasteiger charge is -2.28. The molecular weight excluding hydrogens is 518 g/mol. The fourth-order valence-electron chi connectivity index (χ4n) is 3.18. The number of carboxylic acid groups (broad SMARTS) is 2. The van der Waals surface area contributed by atoms with Gasteiger partial charge in [0.2, 0.25) is 0 Å². The van der Waals surface area contributed by atoms with Gasteiger partial charge >= 0.3 is 24.3 Å². The van der Waals surface area contributed by atoms with E-state index >= 15 is 0 Å². The molecule has 0 spiro atoms. The summed E-state index contributed by atoms with van der Waals surface area (Å²) in [5.41, 5.74) is 4.18. The van der Waals surface area contributed by atoms with Crippen LogP contribution in [0.4, 0.5) is 26.3 Å². The molecule has 0 aliphatic carbocycles. The smallest absolute Gasteiger partial charge is 0.475 e. The van der Waals surface area contributed by atoms with Crippen LogP contribution in [0.3, 0.4) is 0 Å². The minimum atomic E-state index is -5.08. The van der Waals surface area contributed by atoms with E-state index in [2.05, 4.69) is 59.9 Å². The molecule has 2 N–H and O–H groups in total. The lowest BCUT2D eigenvalue weighted by molar-refractivity contribution is -0.193. The van der Waals surface area contributed by atoms with Crippen LogP contribution < -0.4 is 0 Å². The molecule has 0 fully saturated rings. The van der Waals surface area contributed by atoms with Crippen LogP contribution in [0, 0.1) is 0 Å². The van der Waals surface area contributed by atoms with Gasteiger partial charge in [0.15, 0.2) is 0 Å². The highest BCUT2D eigenvalue weighted by Crippen LogP contribution is 2.27. The Hall–Kier alpha value is -2.65. The van der Waals surface area contributed by atoms with E-state index in [9.17, 15) is 26.3 Å². The van der Waals surface area contributed by atoms with E-state index < -0.39 is 24.3 Å². The van der Waals surface area contributed by atoms with Gasteiger partial charge in [0, 0.05) is 42.7 Å². The highest BCUT2D eigenvalue weighted by Gasteiger charge is 2.38. The molecule has 3 rings (SSSR count). The number of hydrogen-bond donors (Lipinski definition) is 2. The first-order valence-electron chi connectivity index (χ1n) is 10.5. The first-order valence-corrected chi connectivity index (χ1v) is 11.4. The molecule has 1 aliphatic heterocycles. The number of thiophene rings is 1. The first kappa shape index (κ1) is 31.4. The maximum absolute atomic E-state index is 10.6. The minimum Gasteiger partial charge on any atom is -0.475 e. The maximum atomic E-state index is 10.6. The summed E-state index contributed by atoms with van der Waals surface area (Å²) in [5.74, 6) is -5.51. The lowest BCUT2D eigenvalue weighted by Crippen LogP contribution is -2.31. The predicted octanol–water partition coefficient (Wildman–Crippen LogP) is 4.41. The monoisotopic (exact) mass is 546 g/mol. The van der Waals surface area contributed by atoms with Crippen molar-refractivity contribution in [3.63, 3.8) is 0 Å². The van der Waals surface area contributed by atoms with Crippen LogP contribution in [0.2, 0.25) is 0 Å². The van der Waals surface area contributed by atoms with E-state index in [0.29, 0.717) is 6.04 Å². The summed E-state index contributed by atoms with van der Waals surface area (Å²) in [6.45, 7) is 8.60. The largest absolute Gasteiger partial charge is 0.490 e. The van der Waals surface area contributed by atoms with Gasteiger partial charge in [0.25, 0.3) is 0 Å². The van der Waals surface area contributed by atoms with Gasteiger partial charge < -0.3 is 15.1 Å². The van der Waals surface area contributed by atoms with Crippen LogP contribution in [0.1, 0.15) is 41.7 Å². The van der Waals surface area contributed by atoms with Gasteiger partial charge in [0.1, 0.15) is 0 Å². The molecule has 0 aromatic carbocycles. The van der Waals surface area contributed by atoms with Crippen molar-refractivity contribution in [2.45, 2.75) is 58.3 Å². The Balaban J connectivity index is 0.000000383. The number of rotatable bonds is 5. The van der Waals surface area contributed by atoms with Crippen LogP contribution in [-0.2, 0) is 35.6 Å². The van der Waals surface area contributed by atoms with E-state index in [4.69, 9.17) is 24.9 Å². The van der Waals surface area contributed by atoms with E-state index in [1.165, 1.54) is 21.8 Å². The number of hydrogen-bond acceptors (Lipinski definition) is 6. The van der Waals surface area contributed by atoms with Gasteiger partial charge in [-0.25, -0.2) is 9.59 Å². The molecule has 0 saturated heterocycles. The molecule has 3 heterocycles. The minimum absolute atomic E-state index is 0.423. The Labute approximate surface area is 207 Å². The standard InChI is InChI=1S/C17H26N4S.2C2HF3O2/c1-13(2)21-17-12-20(10-14-6-5-9-22-14)8-7-15(17)16(18-21)11-19(3)4;2*3-2(4,5)1(6)7/h5-6,9,13H,7-8,10-12H2,1-4H3;2*(H,6,7). The molecule has 204 valence electrons. The SMILES string of the molecule is CC(C)n1nc(CN(C)C)c2c1CN(Cc1cccs1)CC2.O=C(O)C(F)(F)F.O=C(O)C(F)(F)F. The fraction of sp³-hybridized carbons (Fsp3) is 0.571. The molecule has 0 atom stereocenters. The van der Waals surface area contributed by atoms with Crippen LogP contribution in [0.15, 0.2) is 17.5 Å². The predicted molar refractivity (Wildman–Crippen MR) is 120 cm³/mol. The first-order chi connectivity index (χ1) is 16.4. The van der Waals surface area contributed by atoms with E-state index in [-0.39, 0.29) is 0 Å². The number of fused-ring (bicyclic) bond motifs is 1. The lowest BCUT2D eigenvalue weighted by atomic mass is 10.0. The third kappa shape index (κ3) is 10.1. The van der Waals surface area contributed by atoms with E-state index in [1.54, 1.807) is 0 Å². The second kappa shape index (κ2) is 13.1. The number of aromatic nitrogens is 2. The van der Waals surface area contributed by atoms with Crippen molar-refractivity contribution < 1.29 is 46.1 Å². The summed E-state index contributed by atoms with van der Waals surface area (Å²) < 4.78 is 65.7. The molecular formula is C21H28F6N4O4S. The van der Waals surface area contributed by atoms with Gasteiger partial charge in [-0.3, -0.25) is 9.58 Å². The zero-order valence-corrected chi connectivity index (χ0v) is 20.8. The highest BCUT2D eigenvalue weighted by atomic mass is 32.1. The van der Waals surface area contributed by atoms with Crippen molar-refractivity contribution in [1.82, 2.24) is 19.6 Å². The molecule has 2 aromatic heterocycles. The van der Waals surface area contributed by atoms with Crippen molar-refractivity contribution in [3.8, 4) is 0 Å². The van der Waals surface area contributed by atoms with Crippen LogP contribution in [-0.4, -0.2) is 74.7 Å². The van der Waals surface area contributed by atoms with Gasteiger partial charge in [0.05, 0.1) is 11.4 Å². The van der Waals surface area contributed by atoms with Crippen molar-refractivity contribution in [2.24, 2.45) is 0 Å². The second-order valence-corrected chi connectivity index (χ2v) is 9.33. The van der Waals surface area contributed by atoms with Gasteiger partial charge in [-0.15, -0.1) is 11.3 Å². The average molecular weight is 547 g/mol. The van der Waals surface area contributed by atoms with Crippen molar-refractivity contribution in [2.75, 3.05) is 20.6 Å². The summed E-state index contributed by atoms with van der Waals surface area (Å²) in [6, 6.07) is 4.80. The van der Waals surface area contributed by atoms with E-state index in [0.717, 1.165) is 32.6 Å². The quantitative estimate of drug-likeness (QED) is 0.536. The van der Waals surface area contributed by atoms with Gasteiger partial charge in [-0.1, -0.05) is 6.07 Å². The number of nitrogens with zero attached hydrogens (tertiary/aromatic N) is 4. The Bertz CT molecular complexity index is 964. The summed E-state index contributed by atoms with van der Waals surface area (Å²) in [4.78, 5) is 24.0. The van der Waals surface area contributed by atoms with E-state index in [1.807, 2.05) is 11.3 Å². The molecule has 2 aromatic rings. The average Bonchev–Trinajstić information content (AvgIpc) is 3.35. The molecule has 15 heteroatoms. The maximum Gasteiger partial charge on any atom is 0.490 e. The van der Waals surface area contributed by atoms with Gasteiger partial charge in [-0.05, 0) is 45.8 Å². The normalized spacial score (nSPS) is 14.0. The van der Waals surface area contributed by atoms with Gasteiger partial charge in [-0.2, -0.15) is 31.4 Å². The number of carboxylic acids is 2. The number of aliphatic carboxylic acids is 2. The van der Waals surface area contributed by atoms with Crippen molar-refractivity contribution >= 4 is 23.3 Å². The Morgan fingerprint density at radius 2 is 1.64 bits per heavy atom. The summed E-state index contributed by atoms with van der Waals surface area (Å²) in [5, 5.41) is 21.3. The Morgan fingerprint density at radius 3 is 2.03 bits per heavy atom. The molecule has 0 radical (unpaired) electrons. The summed E-state index contributed by atoms with van der Waals surface area (Å²) >= 11 is 1.85. The number of halogens is 6. The zero-order chi connectivity index (χ0) is 27.8. The Morgan fingerprint density at radius 1 is 1.11 bits per heavy atom. The molecule has 0 bridgehead atoms. The zero-order valence-electron chi connectivity index (χ0n) is 20.0. The van der Waals surface area contributed by atoms with Crippen molar-refractivity contribution in [3.05, 3.63) is 39.3 Å². The molecule has 0 saturated carbocycles. The molecule has 1 aliphatic rings. The molecule has 8 nitrogen and oxygen atoms in total. The molecule has 36 heavy (non-hydrogen) atoms. The topological polar surface area (TPSA) is 98.9 Å². The van der Waals surface area contributed by atoms with Crippen LogP contribution in [0.25, 0.3) is 0 Å². The number of carbonyl (C=O) groups is 2. The van der Waals surface area contributed by atoms with Crippen LogP contribution in [0.5, 0.6) is 0 Å². The number of alkyl halides is 6. The fourth-order valence-corrected chi connectivity index (χ4v) is 3.93. The third-order valence-corrected chi connectivity index (χ3v) is 5.51. The molecule has 0 amide bonds.